The minimum Gasteiger partial charge on any atom is -0.493 e. The third-order valence-electron chi connectivity index (χ3n) is 4.55. The molecule has 3 rings (SSSR count). The van der Waals surface area contributed by atoms with Crippen molar-refractivity contribution in [2.45, 2.75) is 25.2 Å². The summed E-state index contributed by atoms with van der Waals surface area (Å²) < 4.78 is 20.8. The standard InChI is InChI=1S/C19H22N2O6/c1-4-26-17(22)11-20-18(23)19(7-8-19)16-10-14(27-21-16)12-5-6-13(24-2)15(9-12)25-3/h5-6,9-10H,4,7-8,11H2,1-3H3,(H,20,23). The Balaban J connectivity index is 1.75. The molecule has 2 aromatic rings. The molecule has 0 atom stereocenters. The van der Waals surface area contributed by atoms with Crippen LogP contribution in [0.2, 0.25) is 0 Å². The first-order valence-corrected chi connectivity index (χ1v) is 8.67. The summed E-state index contributed by atoms with van der Waals surface area (Å²) in [5, 5.41) is 6.70. The molecule has 27 heavy (non-hydrogen) atoms. The number of nitrogens with one attached hydrogen (secondary N) is 1. The van der Waals surface area contributed by atoms with Crippen LogP contribution in [-0.2, 0) is 19.7 Å². The molecule has 1 N–H and O–H groups in total. The van der Waals surface area contributed by atoms with Gasteiger partial charge in [0.1, 0.15) is 6.54 Å². The molecule has 0 aliphatic heterocycles. The largest absolute Gasteiger partial charge is 0.493 e. The van der Waals surface area contributed by atoms with Crippen molar-refractivity contribution in [2.24, 2.45) is 0 Å². The van der Waals surface area contributed by atoms with E-state index in [0.717, 1.165) is 5.56 Å². The molecule has 1 heterocycles. The number of methoxy groups -OCH3 is 2. The molecule has 0 radical (unpaired) electrons. The van der Waals surface area contributed by atoms with Crippen molar-refractivity contribution in [3.05, 3.63) is 30.0 Å². The third-order valence-corrected chi connectivity index (χ3v) is 4.55. The van der Waals surface area contributed by atoms with Crippen LogP contribution in [0.4, 0.5) is 0 Å². The number of ether oxygens (including phenoxy) is 3. The van der Waals surface area contributed by atoms with E-state index in [1.165, 1.54) is 0 Å². The SMILES string of the molecule is CCOC(=O)CNC(=O)C1(c2cc(-c3ccc(OC)c(OC)c3)on2)CC1. The second-order valence-electron chi connectivity index (χ2n) is 6.22. The van der Waals surface area contributed by atoms with Crippen LogP contribution < -0.4 is 14.8 Å². The number of nitrogens with zero attached hydrogens (tertiary/aromatic N) is 1. The van der Waals surface area contributed by atoms with Crippen LogP contribution in [0.5, 0.6) is 11.5 Å². The van der Waals surface area contributed by atoms with Gasteiger partial charge < -0.3 is 24.1 Å². The van der Waals surface area contributed by atoms with Crippen molar-refractivity contribution < 1.29 is 28.3 Å². The van der Waals surface area contributed by atoms with Crippen LogP contribution in [0.25, 0.3) is 11.3 Å². The van der Waals surface area contributed by atoms with Gasteiger partial charge in [0.25, 0.3) is 0 Å². The lowest BCUT2D eigenvalue weighted by atomic mass is 10.0. The van der Waals surface area contributed by atoms with Crippen LogP contribution >= 0.6 is 0 Å². The highest BCUT2D eigenvalue weighted by molar-refractivity contribution is 5.93. The van der Waals surface area contributed by atoms with Gasteiger partial charge in [0.2, 0.25) is 5.91 Å². The van der Waals surface area contributed by atoms with E-state index in [4.69, 9.17) is 18.7 Å². The number of carbonyl (C=O) groups excluding carboxylic acids is 2. The van der Waals surface area contributed by atoms with Crippen LogP contribution in [-0.4, -0.2) is 44.4 Å². The van der Waals surface area contributed by atoms with Crippen LogP contribution in [0.3, 0.4) is 0 Å². The van der Waals surface area contributed by atoms with Gasteiger partial charge in [0.15, 0.2) is 17.3 Å². The number of hydrogen-bond acceptors (Lipinski definition) is 7. The molecule has 1 aliphatic rings. The topological polar surface area (TPSA) is 99.9 Å². The van der Waals surface area contributed by atoms with Gasteiger partial charge in [-0.25, -0.2) is 0 Å². The maximum Gasteiger partial charge on any atom is 0.325 e. The summed E-state index contributed by atoms with van der Waals surface area (Å²) in [6.45, 7) is 1.83. The highest BCUT2D eigenvalue weighted by atomic mass is 16.5. The van der Waals surface area contributed by atoms with Gasteiger partial charge in [-0.2, -0.15) is 0 Å². The molecule has 0 unspecified atom stereocenters. The highest BCUT2D eigenvalue weighted by Gasteiger charge is 2.53. The zero-order valence-electron chi connectivity index (χ0n) is 15.5. The smallest absolute Gasteiger partial charge is 0.325 e. The van der Waals surface area contributed by atoms with Crippen LogP contribution in [0, 0.1) is 0 Å². The van der Waals surface area contributed by atoms with E-state index >= 15 is 0 Å². The monoisotopic (exact) mass is 374 g/mol. The predicted molar refractivity (Wildman–Crippen MR) is 95.6 cm³/mol. The van der Waals surface area contributed by atoms with Crippen molar-refractivity contribution in [1.29, 1.82) is 0 Å². The minimum absolute atomic E-state index is 0.158. The highest BCUT2D eigenvalue weighted by Crippen LogP contribution is 2.48. The molecule has 1 aromatic carbocycles. The zero-order valence-corrected chi connectivity index (χ0v) is 15.5. The summed E-state index contributed by atoms with van der Waals surface area (Å²) in [6.07, 6.45) is 1.30. The first-order valence-electron chi connectivity index (χ1n) is 8.67. The van der Waals surface area contributed by atoms with E-state index in [0.29, 0.717) is 35.8 Å². The molecule has 0 saturated heterocycles. The number of aromatic nitrogens is 1. The molecule has 8 heteroatoms. The van der Waals surface area contributed by atoms with Crippen molar-refractivity contribution in [2.75, 3.05) is 27.4 Å². The van der Waals surface area contributed by atoms with Crippen LogP contribution in [0.15, 0.2) is 28.8 Å². The summed E-state index contributed by atoms with van der Waals surface area (Å²) in [6, 6.07) is 7.13. The van der Waals surface area contributed by atoms with E-state index < -0.39 is 11.4 Å². The summed E-state index contributed by atoms with van der Waals surface area (Å²) in [7, 11) is 3.12. The summed E-state index contributed by atoms with van der Waals surface area (Å²) in [5.41, 5.74) is 0.563. The zero-order chi connectivity index (χ0) is 19.4. The van der Waals surface area contributed by atoms with Gasteiger partial charge in [-0.1, -0.05) is 5.16 Å². The van der Waals surface area contributed by atoms with E-state index in [1.807, 2.05) is 6.07 Å². The Morgan fingerprint density at radius 2 is 1.93 bits per heavy atom. The quantitative estimate of drug-likeness (QED) is 0.706. The molecule has 0 bridgehead atoms. The first kappa shape index (κ1) is 18.8. The minimum atomic E-state index is -0.745. The third kappa shape index (κ3) is 3.74. The van der Waals surface area contributed by atoms with Crippen molar-refractivity contribution in [3.8, 4) is 22.8 Å². The lowest BCUT2D eigenvalue weighted by molar-refractivity contribution is -0.143. The summed E-state index contributed by atoms with van der Waals surface area (Å²) in [4.78, 5) is 24.0. The summed E-state index contributed by atoms with van der Waals surface area (Å²) in [5.74, 6) is 0.991. The van der Waals surface area contributed by atoms with Gasteiger partial charge in [-0.05, 0) is 38.0 Å². The number of amides is 1. The molecule has 0 spiro atoms. The van der Waals surface area contributed by atoms with Gasteiger partial charge >= 0.3 is 5.97 Å². The molecule has 1 fully saturated rings. The van der Waals surface area contributed by atoms with Crippen molar-refractivity contribution in [1.82, 2.24) is 10.5 Å². The lowest BCUT2D eigenvalue weighted by Crippen LogP contribution is -2.38. The fourth-order valence-corrected chi connectivity index (χ4v) is 2.88. The first-order chi connectivity index (χ1) is 13.0. The average molecular weight is 374 g/mol. The maximum atomic E-state index is 12.5. The Morgan fingerprint density at radius 1 is 1.19 bits per heavy atom. The Kier molecular flexibility index (Phi) is 5.34. The van der Waals surface area contributed by atoms with E-state index in [-0.39, 0.29) is 19.1 Å². The summed E-state index contributed by atoms with van der Waals surface area (Å²) >= 11 is 0. The van der Waals surface area contributed by atoms with Gasteiger partial charge in [0, 0.05) is 11.6 Å². The Labute approximate surface area is 156 Å². The molecule has 144 valence electrons. The van der Waals surface area contributed by atoms with E-state index in [9.17, 15) is 9.59 Å². The normalized spacial score (nSPS) is 14.3. The maximum absolute atomic E-state index is 12.5. The number of carbonyl (C=O) groups is 2. The molecular weight excluding hydrogens is 352 g/mol. The number of benzene rings is 1. The average Bonchev–Trinajstić information content (AvgIpc) is 3.35. The van der Waals surface area contributed by atoms with Crippen molar-refractivity contribution in [3.63, 3.8) is 0 Å². The number of hydrogen-bond donors (Lipinski definition) is 1. The Bertz CT molecular complexity index is 840. The Morgan fingerprint density at radius 3 is 2.56 bits per heavy atom. The van der Waals surface area contributed by atoms with Gasteiger partial charge in [0.05, 0.1) is 31.9 Å². The molecule has 1 amide bonds. The van der Waals surface area contributed by atoms with Crippen LogP contribution in [0.1, 0.15) is 25.5 Å². The number of rotatable bonds is 8. The molecule has 1 saturated carbocycles. The lowest BCUT2D eigenvalue weighted by Gasteiger charge is -2.11. The molecule has 8 nitrogen and oxygen atoms in total. The van der Waals surface area contributed by atoms with E-state index in [2.05, 4.69) is 10.5 Å². The van der Waals surface area contributed by atoms with Crippen molar-refractivity contribution >= 4 is 11.9 Å². The van der Waals surface area contributed by atoms with Gasteiger partial charge in [-0.3, -0.25) is 9.59 Å². The fourth-order valence-electron chi connectivity index (χ4n) is 2.88. The Hall–Kier alpha value is -3.03. The number of esters is 1. The fraction of sp³-hybridized carbons (Fsp3) is 0.421. The molecular formula is C19H22N2O6. The molecule has 1 aromatic heterocycles. The van der Waals surface area contributed by atoms with E-state index in [1.54, 1.807) is 39.3 Å². The predicted octanol–water partition coefficient (Wildman–Crippen LogP) is 2.07. The second-order valence-corrected chi connectivity index (χ2v) is 6.22. The van der Waals surface area contributed by atoms with Gasteiger partial charge in [-0.15, -0.1) is 0 Å². The second kappa shape index (κ2) is 7.69. The molecule has 1 aliphatic carbocycles.